The first kappa shape index (κ1) is 15.2. The van der Waals surface area contributed by atoms with E-state index in [1.807, 2.05) is 0 Å². The predicted molar refractivity (Wildman–Crippen MR) is 70.4 cm³/mol. The van der Waals surface area contributed by atoms with Crippen molar-refractivity contribution >= 4 is 11.7 Å². The van der Waals surface area contributed by atoms with Gasteiger partial charge in [-0.15, -0.1) is 0 Å². The van der Waals surface area contributed by atoms with Crippen molar-refractivity contribution in [2.24, 2.45) is 0 Å². The molecular formula is C12H11N3O7. The van der Waals surface area contributed by atoms with Gasteiger partial charge in [0.2, 0.25) is 17.5 Å². The van der Waals surface area contributed by atoms with Gasteiger partial charge in [0, 0.05) is 12.5 Å². The van der Waals surface area contributed by atoms with E-state index in [1.54, 1.807) is 0 Å². The Morgan fingerprint density at radius 3 is 2.68 bits per heavy atom. The summed E-state index contributed by atoms with van der Waals surface area (Å²) in [6.07, 6.45) is 0. The topological polar surface area (TPSA) is 149 Å². The summed E-state index contributed by atoms with van der Waals surface area (Å²) in [6, 6.07) is 0.929. The van der Waals surface area contributed by atoms with Crippen LogP contribution in [0.1, 0.15) is 23.2 Å². The van der Waals surface area contributed by atoms with Gasteiger partial charge in [-0.25, -0.2) is 4.79 Å². The van der Waals surface area contributed by atoms with E-state index >= 15 is 0 Å². The van der Waals surface area contributed by atoms with E-state index in [2.05, 4.69) is 10.1 Å². The molecule has 2 rings (SSSR count). The number of aromatic hydroxyl groups is 2. The average molecular weight is 309 g/mol. The quantitative estimate of drug-likeness (QED) is 0.371. The summed E-state index contributed by atoms with van der Waals surface area (Å²) in [7, 11) is 0. The molecule has 0 saturated heterocycles. The van der Waals surface area contributed by atoms with Crippen LogP contribution < -0.4 is 0 Å². The molecule has 0 unspecified atom stereocenters. The standard InChI is InChI=1S/C12H11N3O7/c1-3-21-12(18)8-6(11-13-5(2)22-14-11)4-7(16)10(17)9(8)15(19)20/h4,16-17H,3H2,1-2H3. The summed E-state index contributed by atoms with van der Waals surface area (Å²) in [5.74, 6) is -2.89. The molecule has 1 heterocycles. The van der Waals surface area contributed by atoms with Crippen LogP contribution in [0, 0.1) is 17.0 Å². The van der Waals surface area contributed by atoms with E-state index in [4.69, 9.17) is 9.26 Å². The lowest BCUT2D eigenvalue weighted by molar-refractivity contribution is -0.386. The Morgan fingerprint density at radius 1 is 1.50 bits per heavy atom. The van der Waals surface area contributed by atoms with Crippen LogP contribution in [0.2, 0.25) is 0 Å². The van der Waals surface area contributed by atoms with Gasteiger partial charge in [-0.05, 0) is 13.0 Å². The molecule has 0 atom stereocenters. The molecule has 0 saturated carbocycles. The Bertz CT molecular complexity index is 753. The normalized spacial score (nSPS) is 10.5. The molecule has 2 N–H and O–H groups in total. The summed E-state index contributed by atoms with van der Waals surface area (Å²) >= 11 is 0. The van der Waals surface area contributed by atoms with Crippen molar-refractivity contribution in [2.45, 2.75) is 13.8 Å². The zero-order valence-electron chi connectivity index (χ0n) is 11.6. The van der Waals surface area contributed by atoms with Gasteiger partial charge in [-0.1, -0.05) is 5.16 Å². The number of phenols is 2. The zero-order valence-corrected chi connectivity index (χ0v) is 11.6. The smallest absolute Gasteiger partial charge is 0.346 e. The first-order valence-corrected chi connectivity index (χ1v) is 6.07. The number of hydrogen-bond acceptors (Lipinski definition) is 9. The number of aryl methyl sites for hydroxylation is 1. The minimum atomic E-state index is -1.05. The molecule has 0 spiro atoms. The Morgan fingerprint density at radius 2 is 2.18 bits per heavy atom. The van der Waals surface area contributed by atoms with Gasteiger partial charge in [0.25, 0.3) is 0 Å². The second-order valence-corrected chi connectivity index (χ2v) is 4.13. The van der Waals surface area contributed by atoms with Crippen LogP contribution in [-0.4, -0.2) is 37.9 Å². The molecule has 10 heteroatoms. The molecule has 0 fully saturated rings. The van der Waals surface area contributed by atoms with Gasteiger partial charge in [0.15, 0.2) is 11.3 Å². The second kappa shape index (κ2) is 5.68. The number of nitrogens with zero attached hydrogens (tertiary/aromatic N) is 3. The van der Waals surface area contributed by atoms with Crippen molar-refractivity contribution in [3.63, 3.8) is 0 Å². The van der Waals surface area contributed by atoms with Crippen LogP contribution in [0.25, 0.3) is 11.4 Å². The summed E-state index contributed by atoms with van der Waals surface area (Å²) in [5.41, 5.74) is -1.74. The molecule has 1 aromatic carbocycles. The van der Waals surface area contributed by atoms with Crippen LogP contribution >= 0.6 is 0 Å². The van der Waals surface area contributed by atoms with Gasteiger partial charge in [-0.2, -0.15) is 4.98 Å². The lowest BCUT2D eigenvalue weighted by Gasteiger charge is -2.09. The lowest BCUT2D eigenvalue weighted by atomic mass is 10.0. The molecule has 0 bridgehead atoms. The van der Waals surface area contributed by atoms with E-state index < -0.39 is 33.6 Å². The van der Waals surface area contributed by atoms with Gasteiger partial charge in [0.1, 0.15) is 0 Å². The van der Waals surface area contributed by atoms with E-state index in [0.717, 1.165) is 6.07 Å². The molecule has 1 aromatic heterocycles. The van der Waals surface area contributed by atoms with Crippen LogP contribution in [-0.2, 0) is 4.74 Å². The fourth-order valence-corrected chi connectivity index (χ4v) is 1.82. The lowest BCUT2D eigenvalue weighted by Crippen LogP contribution is -2.10. The second-order valence-electron chi connectivity index (χ2n) is 4.13. The average Bonchev–Trinajstić information content (AvgIpc) is 2.87. The summed E-state index contributed by atoms with van der Waals surface area (Å²) in [6.45, 7) is 2.96. The number of rotatable bonds is 4. The highest BCUT2D eigenvalue weighted by Crippen LogP contribution is 2.43. The zero-order chi connectivity index (χ0) is 16.4. The van der Waals surface area contributed by atoms with Gasteiger partial charge in [0.05, 0.1) is 11.5 Å². The number of carbonyl (C=O) groups excluding carboxylic acids is 1. The molecule has 10 nitrogen and oxygen atoms in total. The molecule has 0 aliphatic rings. The first-order chi connectivity index (χ1) is 10.4. The van der Waals surface area contributed by atoms with E-state index in [1.165, 1.54) is 13.8 Å². The van der Waals surface area contributed by atoms with Gasteiger partial charge >= 0.3 is 11.7 Å². The molecule has 0 aliphatic heterocycles. The number of hydrogen-bond donors (Lipinski definition) is 2. The van der Waals surface area contributed by atoms with Crippen LogP contribution in [0.3, 0.4) is 0 Å². The van der Waals surface area contributed by atoms with Gasteiger partial charge in [-0.3, -0.25) is 10.1 Å². The third-order valence-electron chi connectivity index (χ3n) is 2.68. The van der Waals surface area contributed by atoms with E-state index in [0.29, 0.717) is 0 Å². The monoisotopic (exact) mass is 309 g/mol. The van der Waals surface area contributed by atoms with Gasteiger partial charge < -0.3 is 19.5 Å². The number of esters is 1. The minimum Gasteiger partial charge on any atom is -0.504 e. The molecule has 0 radical (unpaired) electrons. The van der Waals surface area contributed by atoms with Crippen LogP contribution in [0.4, 0.5) is 5.69 Å². The number of ether oxygens (including phenoxy) is 1. The number of carbonyl (C=O) groups is 1. The van der Waals surface area contributed by atoms with Crippen LogP contribution in [0.5, 0.6) is 11.5 Å². The molecule has 0 aliphatic carbocycles. The SMILES string of the molecule is CCOC(=O)c1c(-c2noc(C)n2)cc(O)c(O)c1[N+](=O)[O-]. The molecule has 22 heavy (non-hydrogen) atoms. The van der Waals surface area contributed by atoms with E-state index in [9.17, 15) is 25.1 Å². The maximum Gasteiger partial charge on any atom is 0.346 e. The summed E-state index contributed by atoms with van der Waals surface area (Å²) < 4.78 is 9.52. The molecule has 116 valence electrons. The molecule has 0 amide bonds. The number of nitro benzene ring substituents is 1. The summed E-state index contributed by atoms with van der Waals surface area (Å²) in [4.78, 5) is 26.0. The maximum atomic E-state index is 12.0. The fraction of sp³-hybridized carbons (Fsp3) is 0.250. The number of phenolic OH excluding ortho intramolecular Hbond substituents is 2. The summed E-state index contributed by atoms with van der Waals surface area (Å²) in [5, 5.41) is 34.0. The Kier molecular flexibility index (Phi) is 3.93. The van der Waals surface area contributed by atoms with Crippen molar-refractivity contribution in [3.8, 4) is 22.9 Å². The van der Waals surface area contributed by atoms with Crippen molar-refractivity contribution in [2.75, 3.05) is 6.61 Å². The van der Waals surface area contributed by atoms with Crippen molar-refractivity contribution in [1.29, 1.82) is 0 Å². The highest BCUT2D eigenvalue weighted by molar-refractivity contribution is 6.02. The van der Waals surface area contributed by atoms with Crippen molar-refractivity contribution in [3.05, 3.63) is 27.6 Å². The van der Waals surface area contributed by atoms with Crippen LogP contribution in [0.15, 0.2) is 10.6 Å². The molecular weight excluding hydrogens is 298 g/mol. The highest BCUT2D eigenvalue weighted by atomic mass is 16.6. The van der Waals surface area contributed by atoms with Crippen molar-refractivity contribution < 1.29 is 29.2 Å². The Labute approximate surface area is 123 Å². The number of aromatic nitrogens is 2. The minimum absolute atomic E-state index is 0.0393. The number of nitro groups is 1. The maximum absolute atomic E-state index is 12.0. The predicted octanol–water partition coefficient (Wildman–Crippen LogP) is 1.54. The largest absolute Gasteiger partial charge is 0.504 e. The third kappa shape index (κ3) is 2.53. The Hall–Kier alpha value is -3.17. The molecule has 2 aromatic rings. The highest BCUT2D eigenvalue weighted by Gasteiger charge is 2.34. The fourth-order valence-electron chi connectivity index (χ4n) is 1.82. The van der Waals surface area contributed by atoms with E-state index in [-0.39, 0.29) is 23.9 Å². The number of benzene rings is 1. The van der Waals surface area contributed by atoms with Crippen molar-refractivity contribution in [1.82, 2.24) is 10.1 Å². The first-order valence-electron chi connectivity index (χ1n) is 6.07. The third-order valence-corrected chi connectivity index (χ3v) is 2.68. The Balaban J connectivity index is 2.81.